The quantitative estimate of drug-likeness (QED) is 0.315. The van der Waals surface area contributed by atoms with E-state index in [2.05, 4.69) is 16.8 Å². The average molecular weight is 420 g/mol. The van der Waals surface area contributed by atoms with Crippen molar-refractivity contribution >= 4 is 23.6 Å². The van der Waals surface area contributed by atoms with Gasteiger partial charge in [0, 0.05) is 18.8 Å². The Balaban J connectivity index is 1.51. The minimum Gasteiger partial charge on any atom is -0.496 e. The molecule has 0 saturated carbocycles. The summed E-state index contributed by atoms with van der Waals surface area (Å²) in [5.74, 6) is 1.39. The minimum atomic E-state index is -0.251. The second-order valence-electron chi connectivity index (χ2n) is 6.56. The van der Waals surface area contributed by atoms with E-state index < -0.39 is 0 Å². The molecule has 1 aromatic heterocycles. The highest BCUT2D eigenvalue weighted by atomic mass is 32.2. The molecule has 0 radical (unpaired) electrons. The van der Waals surface area contributed by atoms with Gasteiger partial charge in [0.15, 0.2) is 11.0 Å². The van der Waals surface area contributed by atoms with Gasteiger partial charge in [-0.2, -0.15) is 0 Å². The van der Waals surface area contributed by atoms with Crippen molar-refractivity contribution in [3.8, 4) is 17.1 Å². The lowest BCUT2D eigenvalue weighted by Crippen LogP contribution is -2.31. The van der Waals surface area contributed by atoms with Crippen molar-refractivity contribution in [2.75, 3.05) is 19.4 Å². The van der Waals surface area contributed by atoms with E-state index in [4.69, 9.17) is 4.74 Å². The van der Waals surface area contributed by atoms with Crippen molar-refractivity contribution in [1.29, 1.82) is 0 Å². The highest BCUT2D eigenvalue weighted by Crippen LogP contribution is 2.31. The van der Waals surface area contributed by atoms with Gasteiger partial charge in [0.2, 0.25) is 0 Å². The number of amides is 2. The Morgan fingerprint density at radius 2 is 1.63 bits per heavy atom. The number of aromatic nitrogens is 3. The van der Waals surface area contributed by atoms with Crippen LogP contribution in [0.5, 0.6) is 5.75 Å². The van der Waals surface area contributed by atoms with Crippen LogP contribution in [0, 0.1) is 0 Å². The number of ether oxygens (including phenoxy) is 1. The Hall–Kier alpha value is -3.39. The maximum Gasteiger partial charge on any atom is 0.261 e. The fraction of sp³-hybridized carbons (Fsp3) is 0.182. The lowest BCUT2D eigenvalue weighted by Gasteiger charge is -2.14. The number of nitrogens with zero attached hydrogens (tertiary/aromatic N) is 4. The molecule has 0 bridgehead atoms. The molecular weight excluding hydrogens is 400 g/mol. The van der Waals surface area contributed by atoms with Gasteiger partial charge in [-0.3, -0.25) is 19.1 Å². The lowest BCUT2D eigenvalue weighted by atomic mass is 10.1. The number of thioether (sulfide) groups is 1. The number of hydrogen-bond donors (Lipinski definition) is 0. The number of methoxy groups -OCH3 is 1. The summed E-state index contributed by atoms with van der Waals surface area (Å²) in [5.41, 5.74) is 1.75. The Kier molecular flexibility index (Phi) is 5.67. The van der Waals surface area contributed by atoms with Gasteiger partial charge in [0.05, 0.1) is 23.8 Å². The summed E-state index contributed by atoms with van der Waals surface area (Å²) in [6.45, 7) is 4.64. The van der Waals surface area contributed by atoms with E-state index in [1.54, 1.807) is 37.5 Å². The van der Waals surface area contributed by atoms with Crippen molar-refractivity contribution in [2.45, 2.75) is 11.7 Å². The minimum absolute atomic E-state index is 0.251. The molecule has 152 valence electrons. The van der Waals surface area contributed by atoms with E-state index in [-0.39, 0.29) is 11.8 Å². The summed E-state index contributed by atoms with van der Waals surface area (Å²) in [4.78, 5) is 26.3. The van der Waals surface area contributed by atoms with Crippen LogP contribution in [0.2, 0.25) is 0 Å². The van der Waals surface area contributed by atoms with Crippen molar-refractivity contribution < 1.29 is 14.3 Å². The SMILES string of the molecule is C=CCn1c(SCCN2C(=O)c3ccccc3C2=O)nnc1-c1ccccc1OC. The van der Waals surface area contributed by atoms with Crippen LogP contribution in [0.3, 0.4) is 0 Å². The topological polar surface area (TPSA) is 77.3 Å². The van der Waals surface area contributed by atoms with Crippen molar-refractivity contribution in [3.63, 3.8) is 0 Å². The van der Waals surface area contributed by atoms with Crippen LogP contribution in [0.15, 0.2) is 66.3 Å². The van der Waals surface area contributed by atoms with Gasteiger partial charge >= 0.3 is 0 Å². The molecule has 2 aromatic carbocycles. The number of fused-ring (bicyclic) bond motifs is 1. The van der Waals surface area contributed by atoms with Crippen LogP contribution in [0.4, 0.5) is 0 Å². The molecule has 1 aliphatic rings. The Morgan fingerprint density at radius 3 is 2.27 bits per heavy atom. The molecule has 2 amide bonds. The lowest BCUT2D eigenvalue weighted by molar-refractivity contribution is 0.0664. The highest BCUT2D eigenvalue weighted by molar-refractivity contribution is 7.99. The fourth-order valence-electron chi connectivity index (χ4n) is 3.39. The standard InChI is InChI=1S/C22H20N4O3S/c1-3-12-25-19(17-10-6-7-11-18(17)29-2)23-24-22(25)30-14-13-26-20(27)15-8-4-5-9-16(15)21(26)28/h3-11H,1,12-14H2,2H3. The number of imide groups is 1. The molecule has 0 saturated heterocycles. The zero-order valence-corrected chi connectivity index (χ0v) is 17.3. The number of carbonyl (C=O) groups excluding carboxylic acids is 2. The van der Waals surface area contributed by atoms with Gasteiger partial charge in [-0.05, 0) is 24.3 Å². The molecule has 0 fully saturated rings. The molecule has 0 aliphatic carbocycles. The molecule has 0 N–H and O–H groups in total. The summed E-state index contributed by atoms with van der Waals surface area (Å²) >= 11 is 1.44. The third-order valence-corrected chi connectivity index (χ3v) is 5.75. The molecule has 30 heavy (non-hydrogen) atoms. The Morgan fingerprint density at radius 1 is 1.00 bits per heavy atom. The molecule has 1 aliphatic heterocycles. The summed E-state index contributed by atoms with van der Waals surface area (Å²) in [6.07, 6.45) is 1.77. The predicted molar refractivity (Wildman–Crippen MR) is 115 cm³/mol. The van der Waals surface area contributed by atoms with Gasteiger partial charge in [0.1, 0.15) is 5.75 Å². The van der Waals surface area contributed by atoms with E-state index in [9.17, 15) is 9.59 Å². The Bertz CT molecular complexity index is 1090. The second kappa shape index (κ2) is 8.54. The molecule has 0 atom stereocenters. The maximum absolute atomic E-state index is 12.5. The van der Waals surface area contributed by atoms with E-state index in [1.165, 1.54) is 16.7 Å². The van der Waals surface area contributed by atoms with Gasteiger partial charge in [-0.25, -0.2) is 0 Å². The summed E-state index contributed by atoms with van der Waals surface area (Å²) in [7, 11) is 1.62. The van der Waals surface area contributed by atoms with E-state index in [0.717, 1.165) is 5.56 Å². The molecule has 0 spiro atoms. The second-order valence-corrected chi connectivity index (χ2v) is 7.62. The monoisotopic (exact) mass is 420 g/mol. The van der Waals surface area contributed by atoms with Crippen LogP contribution < -0.4 is 4.74 Å². The average Bonchev–Trinajstić information content (AvgIpc) is 3.28. The summed E-state index contributed by atoms with van der Waals surface area (Å²) in [5, 5.41) is 9.34. The first-order valence-electron chi connectivity index (χ1n) is 9.41. The number of carbonyl (C=O) groups is 2. The zero-order valence-electron chi connectivity index (χ0n) is 16.4. The number of allylic oxidation sites excluding steroid dienone is 1. The molecular formula is C22H20N4O3S. The summed E-state index contributed by atoms with van der Waals surface area (Å²) in [6, 6.07) is 14.5. The van der Waals surface area contributed by atoms with Crippen LogP contribution >= 0.6 is 11.8 Å². The van der Waals surface area contributed by atoms with E-state index in [1.807, 2.05) is 28.8 Å². The first-order valence-corrected chi connectivity index (χ1v) is 10.4. The first kappa shape index (κ1) is 19.9. The maximum atomic E-state index is 12.5. The fourth-order valence-corrected chi connectivity index (χ4v) is 4.26. The largest absolute Gasteiger partial charge is 0.496 e. The van der Waals surface area contributed by atoms with Gasteiger partial charge in [0.25, 0.3) is 11.8 Å². The van der Waals surface area contributed by atoms with E-state index in [0.29, 0.717) is 46.7 Å². The summed E-state index contributed by atoms with van der Waals surface area (Å²) < 4.78 is 7.39. The van der Waals surface area contributed by atoms with Crippen LogP contribution in [0.1, 0.15) is 20.7 Å². The predicted octanol–water partition coefficient (Wildman–Crippen LogP) is 3.53. The number of hydrogen-bond acceptors (Lipinski definition) is 6. The molecule has 2 heterocycles. The third-order valence-electron chi connectivity index (χ3n) is 4.80. The van der Waals surface area contributed by atoms with Crippen molar-refractivity contribution in [1.82, 2.24) is 19.7 Å². The molecule has 8 heteroatoms. The normalized spacial score (nSPS) is 12.9. The van der Waals surface area contributed by atoms with Crippen LogP contribution in [-0.2, 0) is 6.54 Å². The zero-order chi connectivity index (χ0) is 21.1. The Labute approximate surface area is 178 Å². The van der Waals surface area contributed by atoms with Crippen molar-refractivity contribution in [2.24, 2.45) is 0 Å². The molecule has 7 nitrogen and oxygen atoms in total. The number of para-hydroxylation sites is 1. The molecule has 0 unspecified atom stereocenters. The number of benzene rings is 2. The molecule has 3 aromatic rings. The van der Waals surface area contributed by atoms with Gasteiger partial charge < -0.3 is 4.74 Å². The van der Waals surface area contributed by atoms with Crippen molar-refractivity contribution in [3.05, 3.63) is 72.3 Å². The van der Waals surface area contributed by atoms with Gasteiger partial charge in [-0.15, -0.1) is 16.8 Å². The number of rotatable bonds is 8. The van der Waals surface area contributed by atoms with E-state index >= 15 is 0 Å². The highest BCUT2D eigenvalue weighted by Gasteiger charge is 2.34. The smallest absolute Gasteiger partial charge is 0.261 e. The van der Waals surface area contributed by atoms with Gasteiger partial charge in [-0.1, -0.05) is 42.1 Å². The van der Waals surface area contributed by atoms with Crippen LogP contribution in [-0.4, -0.2) is 50.9 Å². The van der Waals surface area contributed by atoms with Crippen LogP contribution in [0.25, 0.3) is 11.4 Å². The first-order chi connectivity index (χ1) is 14.7. The molecule has 4 rings (SSSR count). The third kappa shape index (κ3) is 3.50.